The van der Waals surface area contributed by atoms with Crippen LogP contribution in [0.2, 0.25) is 5.02 Å². The average molecular weight is 500 g/mol. The van der Waals surface area contributed by atoms with Crippen LogP contribution in [0.1, 0.15) is 66.5 Å². The van der Waals surface area contributed by atoms with Gasteiger partial charge in [0, 0.05) is 16.3 Å². The van der Waals surface area contributed by atoms with E-state index in [4.69, 9.17) is 16.6 Å². The first kappa shape index (κ1) is 26.3. The molecular weight excluding hydrogens is 464 g/mol. The Morgan fingerprint density at radius 1 is 0.909 bits per heavy atom. The number of halogens is 1. The number of carbonyl (C=O) groups excluding carboxylic acids is 1. The Morgan fingerprint density at radius 3 is 2.09 bits per heavy atom. The van der Waals surface area contributed by atoms with Crippen LogP contribution < -0.4 is 0 Å². The zero-order valence-corrected chi connectivity index (χ0v) is 23.7. The second kappa shape index (κ2) is 11.0. The highest BCUT2D eigenvalue weighted by atomic mass is 35.5. The van der Waals surface area contributed by atoms with Gasteiger partial charge in [0.1, 0.15) is 5.94 Å². The van der Waals surface area contributed by atoms with E-state index in [2.05, 4.69) is 79.5 Å². The molecule has 176 valence electrons. The number of hydrogen-bond donors (Lipinski definition) is 0. The first-order valence-electron chi connectivity index (χ1n) is 11.9. The van der Waals surface area contributed by atoms with Crippen molar-refractivity contribution in [1.82, 2.24) is 4.98 Å². The van der Waals surface area contributed by atoms with Crippen LogP contribution >= 0.6 is 27.4 Å². The number of benzene rings is 2. The zero-order chi connectivity index (χ0) is 24.4. The number of fused-ring (bicyclic) bond motifs is 2. The van der Waals surface area contributed by atoms with Crippen molar-refractivity contribution >= 4 is 60.5 Å². The van der Waals surface area contributed by atoms with E-state index in [0.29, 0.717) is 22.6 Å². The Balaban J connectivity index is 2.29. The first-order chi connectivity index (χ1) is 15.6. The lowest BCUT2D eigenvalue weighted by Gasteiger charge is -2.27. The van der Waals surface area contributed by atoms with Gasteiger partial charge in [0.05, 0.1) is 21.4 Å². The Labute approximate surface area is 206 Å². The van der Waals surface area contributed by atoms with Gasteiger partial charge in [-0.05, 0) is 46.5 Å². The highest BCUT2D eigenvalue weighted by Crippen LogP contribution is 2.57. The summed E-state index contributed by atoms with van der Waals surface area (Å²) in [5.41, 5.74) is 6.14. The topological polar surface area (TPSA) is 30.0 Å². The lowest BCUT2D eigenvalue weighted by atomic mass is 10.0. The lowest BCUT2D eigenvalue weighted by molar-refractivity contribution is 0.570. The van der Waals surface area contributed by atoms with Gasteiger partial charge in [0.25, 0.3) is 0 Å². The normalized spacial score (nSPS) is 12.3. The molecule has 0 aliphatic carbocycles. The van der Waals surface area contributed by atoms with E-state index in [0.717, 1.165) is 43.9 Å². The van der Waals surface area contributed by atoms with E-state index in [1.54, 1.807) is 0 Å². The smallest absolute Gasteiger partial charge is 0.133 e. The van der Waals surface area contributed by atoms with Crippen LogP contribution in [0.25, 0.3) is 27.1 Å². The molecule has 0 saturated heterocycles. The molecule has 0 aliphatic rings. The second-order valence-corrected chi connectivity index (χ2v) is 17.0. The molecule has 0 atom stereocenters. The third-order valence-electron chi connectivity index (χ3n) is 6.24. The van der Waals surface area contributed by atoms with Crippen molar-refractivity contribution < 1.29 is 4.79 Å². The fourth-order valence-electron chi connectivity index (χ4n) is 4.80. The summed E-state index contributed by atoms with van der Waals surface area (Å²) < 4.78 is 0. The molecule has 33 heavy (non-hydrogen) atoms. The minimum atomic E-state index is -0.650. The Morgan fingerprint density at radius 2 is 1.55 bits per heavy atom. The third kappa shape index (κ3) is 5.52. The predicted octanol–water partition coefficient (Wildman–Crippen LogP) is 9.31. The van der Waals surface area contributed by atoms with E-state index < -0.39 is 7.92 Å². The SMILES string of the molecule is CC(C)P(Cc1ccc(Cl)c2cc3cccc(C(=C=O)P(C(C)C)C(C)C)c3nc12)C(C)C. The highest BCUT2D eigenvalue weighted by molar-refractivity contribution is 7.70. The zero-order valence-electron chi connectivity index (χ0n) is 21.1. The molecule has 0 radical (unpaired) electrons. The lowest BCUT2D eigenvalue weighted by Crippen LogP contribution is -2.07. The average Bonchev–Trinajstić information content (AvgIpc) is 2.74. The quantitative estimate of drug-likeness (QED) is 0.175. The highest BCUT2D eigenvalue weighted by Gasteiger charge is 2.26. The van der Waals surface area contributed by atoms with Crippen LogP contribution in [0.15, 0.2) is 36.4 Å². The standard InChI is InChI=1S/C28H36ClNOP2/c1-17(2)32(18(3)4)16-22-12-13-25(29)24-14-21-10-9-11-23(27(21)30-28(22)24)26(15-31)33(19(5)6)20(7)8/h9-14,17-20H,16H2,1-8H3. The van der Waals surface area contributed by atoms with Crippen LogP contribution in [0.3, 0.4) is 0 Å². The molecule has 2 nitrogen and oxygen atoms in total. The van der Waals surface area contributed by atoms with Crippen LogP contribution in [0.4, 0.5) is 0 Å². The summed E-state index contributed by atoms with van der Waals surface area (Å²) in [6.07, 6.45) is 1.03. The van der Waals surface area contributed by atoms with Crippen molar-refractivity contribution in [2.45, 2.75) is 84.2 Å². The van der Waals surface area contributed by atoms with Gasteiger partial charge in [0.2, 0.25) is 0 Å². The van der Waals surface area contributed by atoms with Gasteiger partial charge in [-0.1, -0.05) is 107 Å². The minimum Gasteiger partial charge on any atom is -0.247 e. The number of para-hydroxylation sites is 1. The number of nitrogens with zero attached hydrogens (tertiary/aromatic N) is 1. The Bertz CT molecular complexity index is 1180. The van der Waals surface area contributed by atoms with Crippen molar-refractivity contribution in [3.8, 4) is 0 Å². The molecule has 5 heteroatoms. The molecule has 0 saturated carbocycles. The van der Waals surface area contributed by atoms with Crippen molar-refractivity contribution in [3.05, 3.63) is 52.5 Å². The summed E-state index contributed by atoms with van der Waals surface area (Å²) in [5, 5.41) is 3.53. The monoisotopic (exact) mass is 499 g/mol. The largest absolute Gasteiger partial charge is 0.247 e. The summed E-state index contributed by atoms with van der Waals surface area (Å²) >= 11 is 6.66. The van der Waals surface area contributed by atoms with Crippen molar-refractivity contribution in [2.75, 3.05) is 0 Å². The maximum absolute atomic E-state index is 12.3. The van der Waals surface area contributed by atoms with E-state index >= 15 is 0 Å². The summed E-state index contributed by atoms with van der Waals surface area (Å²) in [6, 6.07) is 12.4. The summed E-state index contributed by atoms with van der Waals surface area (Å²) in [6.45, 7) is 18.1. The molecule has 0 fully saturated rings. The molecule has 0 unspecified atom stereocenters. The number of rotatable bonds is 8. The molecule has 3 rings (SSSR count). The van der Waals surface area contributed by atoms with Gasteiger partial charge in [-0.2, -0.15) is 0 Å². The van der Waals surface area contributed by atoms with Crippen molar-refractivity contribution in [3.63, 3.8) is 0 Å². The van der Waals surface area contributed by atoms with Crippen LogP contribution in [0, 0.1) is 0 Å². The summed E-state index contributed by atoms with van der Waals surface area (Å²) in [5.74, 6) is 2.34. The predicted molar refractivity (Wildman–Crippen MR) is 151 cm³/mol. The number of pyridine rings is 1. The maximum atomic E-state index is 12.3. The molecule has 0 spiro atoms. The molecule has 1 aromatic heterocycles. The molecule has 2 aromatic carbocycles. The number of hydrogen-bond acceptors (Lipinski definition) is 2. The maximum Gasteiger partial charge on any atom is 0.133 e. The summed E-state index contributed by atoms with van der Waals surface area (Å²) in [4.78, 5) is 17.5. The van der Waals surface area contributed by atoms with Gasteiger partial charge < -0.3 is 0 Å². The molecule has 0 bridgehead atoms. The van der Waals surface area contributed by atoms with Gasteiger partial charge in [-0.3, -0.25) is 0 Å². The first-order valence-corrected chi connectivity index (χ1v) is 15.4. The fraction of sp³-hybridized carbons (Fsp3) is 0.464. The van der Waals surface area contributed by atoms with E-state index in [1.807, 2.05) is 18.2 Å². The van der Waals surface area contributed by atoms with Crippen molar-refractivity contribution in [1.29, 1.82) is 0 Å². The van der Waals surface area contributed by atoms with Crippen LogP contribution in [-0.2, 0) is 11.0 Å². The van der Waals surface area contributed by atoms with Gasteiger partial charge >= 0.3 is 0 Å². The molecule has 0 amide bonds. The summed E-state index contributed by atoms with van der Waals surface area (Å²) in [7, 11) is -0.829. The second-order valence-electron chi connectivity index (χ2n) is 9.87. The molecular formula is C28H36ClNOP2. The molecule has 3 aromatic rings. The fourth-order valence-corrected chi connectivity index (χ4v) is 10.4. The molecule has 1 heterocycles. The number of aromatic nitrogens is 1. The van der Waals surface area contributed by atoms with Crippen LogP contribution in [-0.4, -0.2) is 33.6 Å². The van der Waals surface area contributed by atoms with Gasteiger partial charge in [0.15, 0.2) is 0 Å². The van der Waals surface area contributed by atoms with E-state index in [-0.39, 0.29) is 7.92 Å². The van der Waals surface area contributed by atoms with Crippen molar-refractivity contribution in [2.24, 2.45) is 0 Å². The Hall–Kier alpha value is -1.29. The van der Waals surface area contributed by atoms with E-state index in [1.165, 1.54) is 5.56 Å². The van der Waals surface area contributed by atoms with E-state index in [9.17, 15) is 4.79 Å². The molecule has 0 N–H and O–H groups in total. The Kier molecular flexibility index (Phi) is 8.75. The van der Waals surface area contributed by atoms with Crippen LogP contribution in [0.5, 0.6) is 0 Å². The molecule has 0 aliphatic heterocycles. The van der Waals surface area contributed by atoms with Gasteiger partial charge in [-0.15, -0.1) is 0 Å². The third-order valence-corrected chi connectivity index (χ3v) is 13.0. The minimum absolute atomic E-state index is 0.179. The van der Waals surface area contributed by atoms with Gasteiger partial charge in [-0.25, -0.2) is 9.78 Å².